The number of esters is 1. The third-order valence-corrected chi connectivity index (χ3v) is 5.18. The van der Waals surface area contributed by atoms with E-state index in [2.05, 4.69) is 11.8 Å². The fourth-order valence-corrected chi connectivity index (χ4v) is 3.56. The molecular formula is C20H38N2O3. The van der Waals surface area contributed by atoms with E-state index >= 15 is 0 Å². The van der Waals surface area contributed by atoms with Crippen molar-refractivity contribution in [1.82, 2.24) is 9.80 Å². The normalized spacial score (nSPS) is 20.5. The minimum Gasteiger partial charge on any atom is -0.466 e. The summed E-state index contributed by atoms with van der Waals surface area (Å²) in [4.78, 5) is 28.6. The summed E-state index contributed by atoms with van der Waals surface area (Å²) in [6.45, 7) is 6.42. The van der Waals surface area contributed by atoms with Crippen LogP contribution in [0.1, 0.15) is 65.2 Å². The predicted octanol–water partition coefficient (Wildman–Crippen LogP) is 3.33. The van der Waals surface area contributed by atoms with Gasteiger partial charge in [0.15, 0.2) is 0 Å². The lowest BCUT2D eigenvalue weighted by atomic mass is 9.79. The van der Waals surface area contributed by atoms with Crippen molar-refractivity contribution in [3.63, 3.8) is 0 Å². The molecule has 1 fully saturated rings. The topological polar surface area (TPSA) is 49.9 Å². The van der Waals surface area contributed by atoms with Crippen LogP contribution in [0.2, 0.25) is 0 Å². The monoisotopic (exact) mass is 354 g/mol. The molecule has 0 aromatic carbocycles. The van der Waals surface area contributed by atoms with Gasteiger partial charge in [0, 0.05) is 25.6 Å². The number of carbonyl (C=O) groups is 2. The summed E-state index contributed by atoms with van der Waals surface area (Å²) in [6.07, 6.45) is 8.52. The van der Waals surface area contributed by atoms with Gasteiger partial charge in [-0.2, -0.15) is 0 Å². The molecule has 25 heavy (non-hydrogen) atoms. The molecule has 1 saturated carbocycles. The second-order valence-electron chi connectivity index (χ2n) is 7.54. The Morgan fingerprint density at radius 1 is 1.00 bits per heavy atom. The molecule has 0 heterocycles. The van der Waals surface area contributed by atoms with E-state index in [9.17, 15) is 9.59 Å². The lowest BCUT2D eigenvalue weighted by molar-refractivity contribution is -0.144. The summed E-state index contributed by atoms with van der Waals surface area (Å²) >= 11 is 0. The number of hydrogen-bond acceptors (Lipinski definition) is 4. The number of likely N-dealkylation sites (N-methyl/N-ethyl adjacent to an activating group) is 1. The first kappa shape index (κ1) is 21.9. The number of ether oxygens (including phenoxy) is 1. The number of rotatable bonds is 11. The van der Waals surface area contributed by atoms with E-state index in [-0.39, 0.29) is 17.8 Å². The Balaban J connectivity index is 2.52. The molecule has 0 N–H and O–H groups in total. The molecule has 1 rings (SSSR count). The molecular weight excluding hydrogens is 316 g/mol. The minimum atomic E-state index is -0.214. The van der Waals surface area contributed by atoms with Crippen LogP contribution in [0.3, 0.4) is 0 Å². The van der Waals surface area contributed by atoms with Crippen molar-refractivity contribution in [3.05, 3.63) is 0 Å². The van der Waals surface area contributed by atoms with Crippen molar-refractivity contribution in [1.29, 1.82) is 0 Å². The van der Waals surface area contributed by atoms with Crippen LogP contribution in [0.25, 0.3) is 0 Å². The Morgan fingerprint density at radius 2 is 1.68 bits per heavy atom. The van der Waals surface area contributed by atoms with Crippen LogP contribution < -0.4 is 0 Å². The maximum Gasteiger partial charge on any atom is 0.307 e. The summed E-state index contributed by atoms with van der Waals surface area (Å²) in [5.74, 6) is 0.967. The number of amides is 1. The van der Waals surface area contributed by atoms with Gasteiger partial charge >= 0.3 is 5.97 Å². The van der Waals surface area contributed by atoms with Crippen LogP contribution in [-0.2, 0) is 14.3 Å². The highest BCUT2D eigenvalue weighted by Crippen LogP contribution is 2.32. The number of carbonyl (C=O) groups excluding carboxylic acids is 2. The third kappa shape index (κ3) is 8.70. The molecule has 5 nitrogen and oxygen atoms in total. The molecule has 0 aliphatic heterocycles. The second-order valence-corrected chi connectivity index (χ2v) is 7.54. The van der Waals surface area contributed by atoms with E-state index < -0.39 is 0 Å². The quantitative estimate of drug-likeness (QED) is 0.534. The SMILES string of the molecule is CCCCC1CCC(C(=O)N(CCC(=O)OCC)CCN(C)C)CC1. The lowest BCUT2D eigenvalue weighted by Gasteiger charge is -2.32. The Kier molecular flexibility index (Phi) is 10.8. The van der Waals surface area contributed by atoms with E-state index in [1.165, 1.54) is 32.1 Å². The fraction of sp³-hybridized carbons (Fsp3) is 0.900. The van der Waals surface area contributed by atoms with Crippen molar-refractivity contribution < 1.29 is 14.3 Å². The maximum atomic E-state index is 13.0. The van der Waals surface area contributed by atoms with E-state index in [4.69, 9.17) is 4.74 Å². The van der Waals surface area contributed by atoms with Gasteiger partial charge in [0.2, 0.25) is 5.91 Å². The summed E-state index contributed by atoms with van der Waals surface area (Å²) in [5.41, 5.74) is 0. The highest BCUT2D eigenvalue weighted by atomic mass is 16.5. The van der Waals surface area contributed by atoms with Gasteiger partial charge in [-0.05, 0) is 52.6 Å². The third-order valence-electron chi connectivity index (χ3n) is 5.18. The molecule has 0 aromatic rings. The highest BCUT2D eigenvalue weighted by Gasteiger charge is 2.29. The van der Waals surface area contributed by atoms with Crippen molar-refractivity contribution in [2.75, 3.05) is 40.3 Å². The zero-order valence-corrected chi connectivity index (χ0v) is 16.8. The summed E-state index contributed by atoms with van der Waals surface area (Å²) in [6, 6.07) is 0. The molecule has 0 radical (unpaired) electrons. The van der Waals surface area contributed by atoms with Gasteiger partial charge in [0.1, 0.15) is 0 Å². The molecule has 0 bridgehead atoms. The first-order valence-electron chi connectivity index (χ1n) is 10.1. The molecule has 0 atom stereocenters. The number of unbranched alkanes of at least 4 members (excludes halogenated alkanes) is 1. The van der Waals surface area contributed by atoms with Gasteiger partial charge in [-0.3, -0.25) is 9.59 Å². The van der Waals surface area contributed by atoms with Crippen molar-refractivity contribution >= 4 is 11.9 Å². The Labute approximate surface area is 154 Å². The largest absolute Gasteiger partial charge is 0.466 e. The van der Waals surface area contributed by atoms with E-state index in [1.807, 2.05) is 25.9 Å². The van der Waals surface area contributed by atoms with E-state index in [1.54, 1.807) is 0 Å². The van der Waals surface area contributed by atoms with Crippen LogP contribution in [-0.4, -0.2) is 62.0 Å². The maximum absolute atomic E-state index is 13.0. The van der Waals surface area contributed by atoms with Crippen molar-refractivity contribution in [3.8, 4) is 0 Å². The predicted molar refractivity (Wildman–Crippen MR) is 101 cm³/mol. The van der Waals surface area contributed by atoms with Gasteiger partial charge in [0.05, 0.1) is 13.0 Å². The van der Waals surface area contributed by atoms with Crippen molar-refractivity contribution in [2.24, 2.45) is 11.8 Å². The van der Waals surface area contributed by atoms with E-state index in [0.717, 1.165) is 25.3 Å². The van der Waals surface area contributed by atoms with Crippen LogP contribution in [0.15, 0.2) is 0 Å². The van der Waals surface area contributed by atoms with E-state index in [0.29, 0.717) is 26.1 Å². The van der Waals surface area contributed by atoms with Crippen LogP contribution in [0.4, 0.5) is 0 Å². The zero-order valence-electron chi connectivity index (χ0n) is 16.8. The molecule has 0 spiro atoms. The summed E-state index contributed by atoms with van der Waals surface area (Å²) < 4.78 is 5.01. The molecule has 0 aromatic heterocycles. The molecule has 0 unspecified atom stereocenters. The molecule has 0 saturated heterocycles. The van der Waals surface area contributed by atoms with Gasteiger partial charge in [-0.25, -0.2) is 0 Å². The van der Waals surface area contributed by atoms with Crippen molar-refractivity contribution in [2.45, 2.75) is 65.2 Å². The number of nitrogens with zero attached hydrogens (tertiary/aromatic N) is 2. The second kappa shape index (κ2) is 12.3. The Morgan fingerprint density at radius 3 is 2.24 bits per heavy atom. The molecule has 5 heteroatoms. The molecule has 1 aliphatic rings. The average Bonchev–Trinajstić information content (AvgIpc) is 2.60. The van der Waals surface area contributed by atoms with Gasteiger partial charge in [0.25, 0.3) is 0 Å². The zero-order chi connectivity index (χ0) is 18.7. The lowest BCUT2D eigenvalue weighted by Crippen LogP contribution is -2.42. The van der Waals surface area contributed by atoms with Gasteiger partial charge < -0.3 is 14.5 Å². The van der Waals surface area contributed by atoms with Gasteiger partial charge in [-0.1, -0.05) is 26.2 Å². The first-order valence-corrected chi connectivity index (χ1v) is 10.1. The number of hydrogen-bond donors (Lipinski definition) is 0. The summed E-state index contributed by atoms with van der Waals surface area (Å²) in [5, 5.41) is 0. The average molecular weight is 355 g/mol. The van der Waals surface area contributed by atoms with Gasteiger partial charge in [-0.15, -0.1) is 0 Å². The summed E-state index contributed by atoms with van der Waals surface area (Å²) in [7, 11) is 4.01. The molecule has 1 amide bonds. The van der Waals surface area contributed by atoms with Crippen LogP contribution >= 0.6 is 0 Å². The Hall–Kier alpha value is -1.10. The molecule has 146 valence electrons. The first-order chi connectivity index (χ1) is 12.0. The molecule has 1 aliphatic carbocycles. The van der Waals surface area contributed by atoms with Crippen LogP contribution in [0, 0.1) is 11.8 Å². The van der Waals surface area contributed by atoms with Crippen LogP contribution in [0.5, 0.6) is 0 Å². The smallest absolute Gasteiger partial charge is 0.307 e. The Bertz CT molecular complexity index is 390. The standard InChI is InChI=1S/C20H38N2O3/c1-5-7-8-17-9-11-18(12-10-17)20(24)22(16-15-21(3)4)14-13-19(23)25-6-2/h17-18H,5-16H2,1-4H3. The highest BCUT2D eigenvalue weighted by molar-refractivity contribution is 5.79. The fourth-order valence-electron chi connectivity index (χ4n) is 3.56. The minimum absolute atomic E-state index is 0.141.